The average molecular weight is 381 g/mol. The number of Topliss-reactive ketones (excluding diaryl/α,β-unsaturated/α-hetero) is 1. The summed E-state index contributed by atoms with van der Waals surface area (Å²) in [5, 5.41) is 0. The molecule has 0 N–H and O–H groups in total. The average Bonchev–Trinajstić information content (AvgIpc) is 2.68. The second-order valence-electron chi connectivity index (χ2n) is 8.37. The highest BCUT2D eigenvalue weighted by molar-refractivity contribution is 5.78. The van der Waals surface area contributed by atoms with Gasteiger partial charge in [-0.05, 0) is 25.7 Å². The first-order chi connectivity index (χ1) is 13.3. The maximum absolute atomic E-state index is 11.3. The van der Waals surface area contributed by atoms with Crippen LogP contribution in [0.2, 0.25) is 0 Å². The summed E-state index contributed by atoms with van der Waals surface area (Å²) in [4.78, 5) is 22.5. The molecule has 0 radical (unpaired) electrons. The van der Waals surface area contributed by atoms with Gasteiger partial charge in [-0.1, -0.05) is 89.9 Å². The number of hydrogen-bond donors (Lipinski definition) is 0. The minimum absolute atomic E-state index is 0.00393. The molecular formula is C24H44O3. The quantitative estimate of drug-likeness (QED) is 0.414. The number of rotatable bonds is 0. The van der Waals surface area contributed by atoms with E-state index in [1.165, 1.54) is 89.9 Å². The minimum Gasteiger partial charge on any atom is -0.466 e. The molecule has 2 fully saturated rings. The third kappa shape index (κ3) is 17.0. The summed E-state index contributed by atoms with van der Waals surface area (Å²) in [5.41, 5.74) is 0. The van der Waals surface area contributed by atoms with Crippen LogP contribution in [0, 0.1) is 0 Å². The van der Waals surface area contributed by atoms with Crippen molar-refractivity contribution < 1.29 is 14.3 Å². The highest BCUT2D eigenvalue weighted by Crippen LogP contribution is 2.15. The highest BCUT2D eigenvalue weighted by Gasteiger charge is 2.04. The molecular weight excluding hydrogens is 336 g/mol. The van der Waals surface area contributed by atoms with Crippen molar-refractivity contribution in [2.75, 3.05) is 6.61 Å². The number of hydrogen-bond acceptors (Lipinski definition) is 3. The van der Waals surface area contributed by atoms with E-state index in [2.05, 4.69) is 0 Å². The number of carbonyl (C=O) groups is 2. The van der Waals surface area contributed by atoms with Gasteiger partial charge in [-0.25, -0.2) is 0 Å². The second-order valence-corrected chi connectivity index (χ2v) is 8.37. The van der Waals surface area contributed by atoms with Crippen molar-refractivity contribution in [1.29, 1.82) is 0 Å². The van der Waals surface area contributed by atoms with Crippen molar-refractivity contribution in [2.45, 2.75) is 135 Å². The lowest BCUT2D eigenvalue weighted by Gasteiger charge is -2.05. The molecule has 0 amide bonds. The van der Waals surface area contributed by atoms with Crippen LogP contribution in [0.25, 0.3) is 0 Å². The molecule has 3 nitrogen and oxygen atoms in total. The van der Waals surface area contributed by atoms with Crippen LogP contribution in [-0.2, 0) is 14.3 Å². The fraction of sp³-hybridized carbons (Fsp3) is 0.917. The molecule has 1 aliphatic carbocycles. The predicted molar refractivity (Wildman–Crippen MR) is 113 cm³/mol. The maximum Gasteiger partial charge on any atom is 0.305 e. The van der Waals surface area contributed by atoms with Crippen LogP contribution < -0.4 is 0 Å². The van der Waals surface area contributed by atoms with Crippen LogP contribution in [0.4, 0.5) is 0 Å². The van der Waals surface area contributed by atoms with E-state index in [1.807, 2.05) is 0 Å². The molecule has 2 rings (SSSR count). The van der Waals surface area contributed by atoms with Crippen LogP contribution in [0.3, 0.4) is 0 Å². The lowest BCUT2D eigenvalue weighted by Crippen LogP contribution is -2.05. The normalized spacial score (nSPS) is 23.0. The summed E-state index contributed by atoms with van der Waals surface area (Å²) in [6.45, 7) is 0.638. The third-order valence-electron chi connectivity index (χ3n) is 5.70. The van der Waals surface area contributed by atoms with E-state index >= 15 is 0 Å². The van der Waals surface area contributed by atoms with E-state index in [1.54, 1.807) is 0 Å². The molecule has 0 aromatic rings. The zero-order valence-corrected chi connectivity index (χ0v) is 17.8. The maximum atomic E-state index is 11.3. The Morgan fingerprint density at radius 1 is 0.407 bits per heavy atom. The van der Waals surface area contributed by atoms with Crippen LogP contribution >= 0.6 is 0 Å². The summed E-state index contributed by atoms with van der Waals surface area (Å²) >= 11 is 0. The van der Waals surface area contributed by atoms with Crippen LogP contribution in [0.5, 0.6) is 0 Å². The number of ketones is 1. The summed E-state index contributed by atoms with van der Waals surface area (Å²) in [5.74, 6) is 0.504. The van der Waals surface area contributed by atoms with Gasteiger partial charge in [0.2, 0.25) is 0 Å². The Morgan fingerprint density at radius 2 is 0.741 bits per heavy atom. The van der Waals surface area contributed by atoms with E-state index in [0.717, 1.165) is 38.5 Å². The number of ether oxygens (including phenoxy) is 1. The molecule has 2 aliphatic rings. The van der Waals surface area contributed by atoms with Crippen molar-refractivity contribution in [1.82, 2.24) is 0 Å². The summed E-state index contributed by atoms with van der Waals surface area (Å²) in [6.07, 6.45) is 25.1. The Labute approximate surface area is 168 Å². The standard InChI is InChI=1S/C12H22O2.C12H22O/c13-12-10-8-6-4-2-1-3-5-7-9-11-14-12;13-12-10-8-6-4-2-1-3-5-7-9-11-12/h1-11H2;1-11H2. The van der Waals surface area contributed by atoms with Gasteiger partial charge >= 0.3 is 5.97 Å². The molecule has 0 aromatic heterocycles. The zero-order valence-electron chi connectivity index (χ0n) is 17.8. The molecule has 1 aliphatic heterocycles. The predicted octanol–water partition coefficient (Wildman–Crippen LogP) is 7.30. The third-order valence-corrected chi connectivity index (χ3v) is 5.70. The monoisotopic (exact) mass is 380 g/mol. The topological polar surface area (TPSA) is 43.4 Å². The largest absolute Gasteiger partial charge is 0.466 e. The Hall–Kier alpha value is -0.860. The fourth-order valence-corrected chi connectivity index (χ4v) is 3.87. The van der Waals surface area contributed by atoms with Gasteiger partial charge in [-0.2, -0.15) is 0 Å². The molecule has 1 saturated heterocycles. The summed E-state index contributed by atoms with van der Waals surface area (Å²) in [6, 6.07) is 0. The van der Waals surface area contributed by atoms with E-state index in [-0.39, 0.29) is 5.97 Å². The van der Waals surface area contributed by atoms with Gasteiger partial charge in [-0.3, -0.25) is 9.59 Å². The van der Waals surface area contributed by atoms with Crippen molar-refractivity contribution in [3.05, 3.63) is 0 Å². The zero-order chi connectivity index (χ0) is 19.4. The first-order valence-electron chi connectivity index (χ1n) is 12.0. The Balaban J connectivity index is 0.000000271. The van der Waals surface area contributed by atoms with Gasteiger partial charge in [0, 0.05) is 19.3 Å². The molecule has 0 bridgehead atoms. The van der Waals surface area contributed by atoms with Crippen LogP contribution in [0.15, 0.2) is 0 Å². The lowest BCUT2D eigenvalue weighted by molar-refractivity contribution is -0.143. The fourth-order valence-electron chi connectivity index (χ4n) is 3.87. The minimum atomic E-state index is 0.00393. The van der Waals surface area contributed by atoms with E-state index in [4.69, 9.17) is 4.74 Å². The second kappa shape index (κ2) is 18.5. The van der Waals surface area contributed by atoms with Gasteiger partial charge in [-0.15, -0.1) is 0 Å². The molecule has 1 heterocycles. The number of cyclic esters (lactones) is 1. The first kappa shape index (κ1) is 24.2. The molecule has 0 aromatic carbocycles. The van der Waals surface area contributed by atoms with Crippen molar-refractivity contribution in [2.24, 2.45) is 0 Å². The van der Waals surface area contributed by atoms with E-state index in [0.29, 0.717) is 18.8 Å². The van der Waals surface area contributed by atoms with Crippen molar-refractivity contribution in [3.63, 3.8) is 0 Å². The van der Waals surface area contributed by atoms with Gasteiger partial charge in [0.1, 0.15) is 5.78 Å². The first-order valence-corrected chi connectivity index (χ1v) is 12.0. The number of carbonyl (C=O) groups excluding carboxylic acids is 2. The molecule has 1 saturated carbocycles. The lowest BCUT2D eigenvalue weighted by atomic mass is 10.0. The van der Waals surface area contributed by atoms with Gasteiger partial charge in [0.25, 0.3) is 0 Å². The summed E-state index contributed by atoms with van der Waals surface area (Å²) < 4.78 is 5.12. The van der Waals surface area contributed by atoms with Gasteiger partial charge in [0.15, 0.2) is 0 Å². The van der Waals surface area contributed by atoms with E-state index < -0.39 is 0 Å². The molecule has 0 atom stereocenters. The Morgan fingerprint density at radius 3 is 1.19 bits per heavy atom. The molecule has 0 spiro atoms. The number of esters is 1. The van der Waals surface area contributed by atoms with Crippen molar-refractivity contribution >= 4 is 11.8 Å². The molecule has 158 valence electrons. The highest BCUT2D eigenvalue weighted by atomic mass is 16.5. The van der Waals surface area contributed by atoms with E-state index in [9.17, 15) is 9.59 Å². The Bertz CT molecular complexity index is 335. The van der Waals surface area contributed by atoms with Crippen LogP contribution in [-0.4, -0.2) is 18.4 Å². The van der Waals surface area contributed by atoms with Crippen molar-refractivity contribution in [3.8, 4) is 0 Å². The smallest absolute Gasteiger partial charge is 0.305 e. The molecule has 0 unspecified atom stereocenters. The van der Waals surface area contributed by atoms with Crippen LogP contribution in [0.1, 0.15) is 135 Å². The Kier molecular flexibility index (Phi) is 16.6. The van der Waals surface area contributed by atoms with Gasteiger partial charge < -0.3 is 4.74 Å². The summed E-state index contributed by atoms with van der Waals surface area (Å²) in [7, 11) is 0. The molecule has 27 heavy (non-hydrogen) atoms. The molecule has 3 heteroatoms. The SMILES string of the molecule is O=C1CCCCCCCCCCC1.O=C1CCCCCCCCCCCO1. The van der Waals surface area contributed by atoms with Gasteiger partial charge in [0.05, 0.1) is 6.61 Å².